The number of ether oxygens (including phenoxy) is 1. The third kappa shape index (κ3) is 4.97. The molecule has 1 aromatic carbocycles. The summed E-state index contributed by atoms with van der Waals surface area (Å²) in [4.78, 5) is 18.1. The maximum atomic E-state index is 14.7. The first-order valence-electron chi connectivity index (χ1n) is 10.3. The summed E-state index contributed by atoms with van der Waals surface area (Å²) in [7, 11) is -4.02. The quantitative estimate of drug-likeness (QED) is 0.557. The maximum Gasteiger partial charge on any atom is 0.443 e. The van der Waals surface area contributed by atoms with Crippen molar-refractivity contribution in [1.29, 1.82) is 0 Å². The number of carbonyl (C=O) groups is 1. The van der Waals surface area contributed by atoms with Crippen LogP contribution in [0, 0.1) is 11.6 Å². The van der Waals surface area contributed by atoms with Gasteiger partial charge in [-0.2, -0.15) is 13.2 Å². The first-order valence-corrected chi connectivity index (χ1v) is 13.0. The number of carbonyl (C=O) groups excluding carboxylic acids is 1. The predicted molar refractivity (Wildman–Crippen MR) is 113 cm³/mol. The van der Waals surface area contributed by atoms with Crippen molar-refractivity contribution >= 4 is 32.1 Å². The zero-order valence-corrected chi connectivity index (χ0v) is 19.4. The zero-order chi connectivity index (χ0) is 24.8. The summed E-state index contributed by atoms with van der Waals surface area (Å²) in [5.74, 6) is -2.97. The molecule has 34 heavy (non-hydrogen) atoms. The van der Waals surface area contributed by atoms with E-state index in [1.165, 1.54) is 0 Å². The van der Waals surface area contributed by atoms with Gasteiger partial charge in [0.1, 0.15) is 21.8 Å². The van der Waals surface area contributed by atoms with Gasteiger partial charge in [0.15, 0.2) is 26.4 Å². The van der Waals surface area contributed by atoms with E-state index in [4.69, 9.17) is 4.74 Å². The van der Waals surface area contributed by atoms with Gasteiger partial charge in [0.05, 0.1) is 18.8 Å². The molecule has 0 saturated carbocycles. The summed E-state index contributed by atoms with van der Waals surface area (Å²) in [5.41, 5.74) is 0. The van der Waals surface area contributed by atoms with Crippen molar-refractivity contribution < 1.29 is 39.9 Å². The number of nitrogens with zero attached hydrogens (tertiary/aromatic N) is 3. The smallest absolute Gasteiger partial charge is 0.443 e. The van der Waals surface area contributed by atoms with Crippen LogP contribution in [0.25, 0.3) is 0 Å². The number of hydrogen-bond acceptors (Lipinski definition) is 7. The Morgan fingerprint density at radius 3 is 2.50 bits per heavy atom. The number of halogens is 5. The van der Waals surface area contributed by atoms with Crippen LogP contribution in [-0.4, -0.2) is 62.2 Å². The molecule has 186 valence electrons. The maximum absolute atomic E-state index is 14.7. The fourth-order valence-corrected chi connectivity index (χ4v) is 5.74. The van der Waals surface area contributed by atoms with Crippen LogP contribution in [0.2, 0.25) is 0 Å². The highest BCUT2D eigenvalue weighted by atomic mass is 32.2. The largest absolute Gasteiger partial charge is 0.483 e. The van der Waals surface area contributed by atoms with Gasteiger partial charge in [-0.05, 0) is 18.9 Å². The van der Waals surface area contributed by atoms with E-state index < -0.39 is 55.4 Å². The fraction of sp³-hybridized carbons (Fsp3) is 0.500. The fourth-order valence-electron chi connectivity index (χ4n) is 4.19. The van der Waals surface area contributed by atoms with E-state index in [1.54, 1.807) is 9.80 Å². The molecule has 0 spiro atoms. The molecular weight excluding hydrogens is 505 g/mol. The van der Waals surface area contributed by atoms with Crippen LogP contribution in [-0.2, 0) is 20.8 Å². The monoisotopic (exact) mass is 525 g/mol. The molecule has 1 unspecified atom stereocenters. The lowest BCUT2D eigenvalue weighted by atomic mass is 10.00. The molecule has 2 aromatic rings. The van der Waals surface area contributed by atoms with Crippen LogP contribution < -0.4 is 9.64 Å². The predicted octanol–water partition coefficient (Wildman–Crippen LogP) is 3.49. The molecule has 0 N–H and O–H groups in total. The summed E-state index contributed by atoms with van der Waals surface area (Å²) in [6, 6.07) is 0.635. The molecule has 1 amide bonds. The van der Waals surface area contributed by atoms with E-state index >= 15 is 0 Å². The Morgan fingerprint density at radius 2 is 1.91 bits per heavy atom. The highest BCUT2D eigenvalue weighted by Gasteiger charge is 2.41. The van der Waals surface area contributed by atoms with Gasteiger partial charge in [0, 0.05) is 31.8 Å². The second-order valence-electron chi connectivity index (χ2n) is 8.14. The normalized spacial score (nSPS) is 21.9. The van der Waals surface area contributed by atoms with Crippen molar-refractivity contribution in [3.8, 4) is 5.75 Å². The molecule has 1 aromatic heterocycles. The molecule has 0 radical (unpaired) electrons. The topological polar surface area (TPSA) is 79.8 Å². The van der Waals surface area contributed by atoms with Crippen molar-refractivity contribution in [1.82, 2.24) is 9.88 Å². The van der Waals surface area contributed by atoms with Gasteiger partial charge in [-0.15, -0.1) is 0 Å². The molecule has 2 aliphatic heterocycles. The number of likely N-dealkylation sites (tertiary alicyclic amines) is 1. The molecule has 2 aliphatic rings. The van der Waals surface area contributed by atoms with Crippen molar-refractivity contribution in [2.75, 3.05) is 30.8 Å². The summed E-state index contributed by atoms with van der Waals surface area (Å²) >= 11 is 0.452. The van der Waals surface area contributed by atoms with Gasteiger partial charge < -0.3 is 14.5 Å². The average molecular weight is 526 g/mol. The van der Waals surface area contributed by atoms with Gasteiger partial charge in [-0.25, -0.2) is 22.2 Å². The zero-order valence-electron chi connectivity index (χ0n) is 17.8. The van der Waals surface area contributed by atoms with Crippen molar-refractivity contribution in [3.63, 3.8) is 0 Å². The van der Waals surface area contributed by atoms with Crippen LogP contribution in [0.1, 0.15) is 24.3 Å². The van der Waals surface area contributed by atoms with Crippen molar-refractivity contribution in [2.45, 2.75) is 42.5 Å². The summed E-state index contributed by atoms with van der Waals surface area (Å²) in [6.07, 6.45) is -2.39. The van der Waals surface area contributed by atoms with E-state index in [0.717, 1.165) is 12.5 Å². The Labute approximate surface area is 196 Å². The number of rotatable bonds is 5. The number of benzene rings is 1. The molecule has 0 aliphatic carbocycles. The molecule has 0 bridgehead atoms. The lowest BCUT2D eigenvalue weighted by Crippen LogP contribution is -2.56. The van der Waals surface area contributed by atoms with Gasteiger partial charge in [0.2, 0.25) is 5.91 Å². The van der Waals surface area contributed by atoms with E-state index in [0.29, 0.717) is 55.8 Å². The minimum atomic E-state index is -4.60. The van der Waals surface area contributed by atoms with Gasteiger partial charge in [-0.3, -0.25) is 4.79 Å². The molecule has 4 rings (SSSR count). The molecule has 14 heteroatoms. The SMILES string of the molecule is CS(=O)(=O)c1cc(F)c(O[C@@H]2CN(c3cnc(C(F)(F)F)s3)CCC2N2CCCC2=O)cc1F. The van der Waals surface area contributed by atoms with Crippen LogP contribution >= 0.6 is 11.3 Å². The minimum absolute atomic E-state index is 0.0111. The summed E-state index contributed by atoms with van der Waals surface area (Å²) in [6.45, 7) is 0.743. The summed E-state index contributed by atoms with van der Waals surface area (Å²) < 4.78 is 97.1. The molecule has 2 atom stereocenters. The lowest BCUT2D eigenvalue weighted by molar-refractivity contribution is -0.137. The number of sulfone groups is 1. The Balaban J connectivity index is 1.63. The van der Waals surface area contributed by atoms with E-state index in [9.17, 15) is 35.2 Å². The molecule has 2 saturated heterocycles. The first-order chi connectivity index (χ1) is 15.8. The molecular formula is C20H20F5N3O4S2. The Morgan fingerprint density at radius 1 is 1.18 bits per heavy atom. The Kier molecular flexibility index (Phi) is 6.48. The number of hydrogen-bond donors (Lipinski definition) is 0. The van der Waals surface area contributed by atoms with Crippen LogP contribution in [0.15, 0.2) is 23.2 Å². The average Bonchev–Trinajstić information content (AvgIpc) is 3.39. The van der Waals surface area contributed by atoms with E-state index in [1.807, 2.05) is 0 Å². The number of aromatic nitrogens is 1. The standard InChI is InChI=1S/C20H20F5N3O4S2/c1-34(30,31)16-8-11(21)14(7-12(16)22)32-15-10-27(18-9-26-19(33-18)20(23,24)25)6-4-13(15)28-5-2-3-17(28)29/h7-9,13,15H,2-6,10H2,1H3/t13?,15-/m1/s1. The van der Waals surface area contributed by atoms with Crippen LogP contribution in [0.5, 0.6) is 5.75 Å². The van der Waals surface area contributed by atoms with Gasteiger partial charge in [0.25, 0.3) is 0 Å². The molecule has 2 fully saturated rings. The number of piperidine rings is 1. The van der Waals surface area contributed by atoms with E-state index in [2.05, 4.69) is 4.98 Å². The number of amides is 1. The Bertz CT molecular complexity index is 1200. The highest BCUT2D eigenvalue weighted by molar-refractivity contribution is 7.90. The Hall–Kier alpha value is -2.48. The third-order valence-corrected chi connectivity index (χ3v) is 7.96. The second-order valence-corrected chi connectivity index (χ2v) is 11.1. The van der Waals surface area contributed by atoms with Crippen LogP contribution in [0.3, 0.4) is 0 Å². The van der Waals surface area contributed by atoms with E-state index in [-0.39, 0.29) is 17.5 Å². The van der Waals surface area contributed by atoms with Crippen molar-refractivity contribution in [3.05, 3.63) is 35.0 Å². The number of anilines is 1. The van der Waals surface area contributed by atoms with Crippen LogP contribution in [0.4, 0.5) is 27.0 Å². The van der Waals surface area contributed by atoms with Gasteiger partial charge in [-0.1, -0.05) is 11.3 Å². The molecule has 7 nitrogen and oxygen atoms in total. The third-order valence-electron chi connectivity index (χ3n) is 5.75. The van der Waals surface area contributed by atoms with Gasteiger partial charge >= 0.3 is 6.18 Å². The molecule has 3 heterocycles. The second kappa shape index (κ2) is 8.95. The first kappa shape index (κ1) is 24.6. The number of alkyl halides is 3. The lowest BCUT2D eigenvalue weighted by Gasteiger charge is -2.42. The number of thiazole rings is 1. The van der Waals surface area contributed by atoms with Crippen molar-refractivity contribution in [2.24, 2.45) is 0 Å². The highest BCUT2D eigenvalue weighted by Crippen LogP contribution is 2.38. The summed E-state index contributed by atoms with van der Waals surface area (Å²) in [5, 5.41) is -0.785. The minimum Gasteiger partial charge on any atom is -0.483 e.